The summed E-state index contributed by atoms with van der Waals surface area (Å²) in [6.45, 7) is 3.15. The molecular formula is C22H21F4N3O2. The molecular weight excluding hydrogens is 414 g/mol. The van der Waals surface area contributed by atoms with Crippen LogP contribution in [0.2, 0.25) is 0 Å². The van der Waals surface area contributed by atoms with E-state index in [4.69, 9.17) is 4.74 Å². The third kappa shape index (κ3) is 4.66. The summed E-state index contributed by atoms with van der Waals surface area (Å²) in [5.41, 5.74) is -2.32. The molecule has 0 amide bonds. The molecule has 1 N–H and O–H groups in total. The van der Waals surface area contributed by atoms with Gasteiger partial charge in [0.1, 0.15) is 5.82 Å². The lowest BCUT2D eigenvalue weighted by Crippen LogP contribution is -2.47. The molecule has 5 nitrogen and oxygen atoms in total. The Morgan fingerprint density at radius 2 is 1.90 bits per heavy atom. The van der Waals surface area contributed by atoms with Crippen molar-refractivity contribution < 1.29 is 27.4 Å². The van der Waals surface area contributed by atoms with E-state index in [1.54, 1.807) is 19.1 Å². The van der Waals surface area contributed by atoms with Crippen molar-refractivity contribution in [3.8, 4) is 5.75 Å². The van der Waals surface area contributed by atoms with E-state index in [9.17, 15) is 22.7 Å². The lowest BCUT2D eigenvalue weighted by molar-refractivity contribution is -0.231. The van der Waals surface area contributed by atoms with Gasteiger partial charge in [-0.2, -0.15) is 13.2 Å². The van der Waals surface area contributed by atoms with Gasteiger partial charge in [-0.05, 0) is 37.5 Å². The summed E-state index contributed by atoms with van der Waals surface area (Å²) in [5.74, 6) is -1.22. The number of aliphatic imine (C=N–C) groups is 1. The van der Waals surface area contributed by atoms with Crippen molar-refractivity contribution in [3.05, 3.63) is 59.8 Å². The average molecular weight is 435 g/mol. The van der Waals surface area contributed by atoms with Crippen LogP contribution >= 0.6 is 0 Å². The van der Waals surface area contributed by atoms with Crippen LogP contribution < -0.4 is 4.74 Å². The molecule has 3 aromatic rings. The Morgan fingerprint density at radius 3 is 2.58 bits per heavy atom. The zero-order valence-electron chi connectivity index (χ0n) is 17.1. The Balaban J connectivity index is 1.98. The molecule has 0 aliphatic heterocycles. The van der Waals surface area contributed by atoms with Crippen molar-refractivity contribution in [1.82, 2.24) is 9.97 Å². The van der Waals surface area contributed by atoms with E-state index < -0.39 is 29.9 Å². The molecule has 0 fully saturated rings. The summed E-state index contributed by atoms with van der Waals surface area (Å²) in [4.78, 5) is 12.2. The number of benzene rings is 2. The van der Waals surface area contributed by atoms with Crippen molar-refractivity contribution in [2.75, 3.05) is 7.11 Å². The highest BCUT2D eigenvalue weighted by molar-refractivity contribution is 5.91. The Bertz CT molecular complexity index is 1120. The van der Waals surface area contributed by atoms with Crippen LogP contribution in [-0.2, 0) is 0 Å². The number of hydrogen-bond acceptors (Lipinski definition) is 5. The first kappa shape index (κ1) is 22.6. The maximum atomic E-state index is 14.0. The molecule has 0 radical (unpaired) electrons. The Hall–Kier alpha value is -3.07. The standard InChI is InChI=1S/C22H21F4N3O2/c1-13(15-6-4-7-17(23)20(15)31-3)10-21(30,22(24,25)26)12-28-18-8-5-9-19-16(18)11-27-14(2)29-19/h4-9,11-13,30H,10H2,1-3H3. The van der Waals surface area contributed by atoms with E-state index in [0.717, 1.165) is 6.07 Å². The molecule has 31 heavy (non-hydrogen) atoms. The first-order chi connectivity index (χ1) is 14.6. The lowest BCUT2D eigenvalue weighted by atomic mass is 9.86. The molecule has 2 unspecified atom stereocenters. The predicted octanol–water partition coefficient (Wildman–Crippen LogP) is 5.28. The van der Waals surface area contributed by atoms with Crippen molar-refractivity contribution in [1.29, 1.82) is 0 Å². The maximum Gasteiger partial charge on any atom is 0.422 e. The molecule has 0 saturated carbocycles. The highest BCUT2D eigenvalue weighted by atomic mass is 19.4. The topological polar surface area (TPSA) is 67.6 Å². The van der Waals surface area contributed by atoms with Crippen LogP contribution in [0.3, 0.4) is 0 Å². The van der Waals surface area contributed by atoms with Crippen molar-refractivity contribution >= 4 is 22.8 Å². The predicted molar refractivity (Wildman–Crippen MR) is 109 cm³/mol. The molecule has 0 saturated heterocycles. The second-order valence-electron chi connectivity index (χ2n) is 7.27. The number of aryl methyl sites for hydroxylation is 1. The summed E-state index contributed by atoms with van der Waals surface area (Å²) in [6, 6.07) is 8.79. The van der Waals surface area contributed by atoms with Gasteiger partial charge in [0.25, 0.3) is 0 Å². The van der Waals surface area contributed by atoms with Gasteiger partial charge in [0, 0.05) is 23.4 Å². The van der Waals surface area contributed by atoms with Gasteiger partial charge in [0.15, 0.2) is 17.2 Å². The first-order valence-electron chi connectivity index (χ1n) is 9.45. The van der Waals surface area contributed by atoms with E-state index in [1.807, 2.05) is 0 Å². The number of methoxy groups -OCH3 is 1. The average Bonchev–Trinajstić information content (AvgIpc) is 2.70. The molecule has 0 aliphatic rings. The SMILES string of the molecule is COc1c(F)cccc1C(C)CC(O)(C=Nc1cccc2nc(C)ncc12)C(F)(F)F. The monoisotopic (exact) mass is 435 g/mol. The van der Waals surface area contributed by atoms with Crippen molar-refractivity contribution in [3.63, 3.8) is 0 Å². The van der Waals surface area contributed by atoms with Crippen LogP contribution in [-0.4, -0.2) is 40.2 Å². The highest BCUT2D eigenvalue weighted by Gasteiger charge is 2.53. The molecule has 2 aromatic carbocycles. The van der Waals surface area contributed by atoms with E-state index in [-0.39, 0.29) is 17.0 Å². The second kappa shape index (κ2) is 8.58. The molecule has 2 atom stereocenters. The molecule has 0 aliphatic carbocycles. The summed E-state index contributed by atoms with van der Waals surface area (Å²) in [5, 5.41) is 11.0. The van der Waals surface area contributed by atoms with Gasteiger partial charge in [-0.15, -0.1) is 0 Å². The number of nitrogens with zero attached hydrogens (tertiary/aromatic N) is 3. The molecule has 1 aromatic heterocycles. The molecule has 0 spiro atoms. The molecule has 9 heteroatoms. The number of ether oxygens (including phenoxy) is 1. The molecule has 1 heterocycles. The van der Waals surface area contributed by atoms with Crippen LogP contribution in [0.5, 0.6) is 5.75 Å². The van der Waals surface area contributed by atoms with Gasteiger partial charge in [0.2, 0.25) is 0 Å². The van der Waals surface area contributed by atoms with Gasteiger partial charge >= 0.3 is 6.18 Å². The summed E-state index contributed by atoms with van der Waals surface area (Å²) < 4.78 is 60.5. The maximum absolute atomic E-state index is 14.0. The van der Waals surface area contributed by atoms with E-state index in [1.165, 1.54) is 38.4 Å². The van der Waals surface area contributed by atoms with E-state index in [0.29, 0.717) is 22.9 Å². The fourth-order valence-electron chi connectivity index (χ4n) is 3.37. The van der Waals surface area contributed by atoms with E-state index >= 15 is 0 Å². The molecule has 164 valence electrons. The number of rotatable bonds is 6. The summed E-state index contributed by atoms with van der Waals surface area (Å²) >= 11 is 0. The number of para-hydroxylation sites is 1. The van der Waals surface area contributed by atoms with Gasteiger partial charge in [-0.1, -0.05) is 25.1 Å². The Morgan fingerprint density at radius 1 is 1.19 bits per heavy atom. The number of fused-ring (bicyclic) bond motifs is 1. The fourth-order valence-corrected chi connectivity index (χ4v) is 3.37. The quantitative estimate of drug-likeness (QED) is 0.423. The lowest BCUT2D eigenvalue weighted by Gasteiger charge is -2.30. The molecule has 3 rings (SSSR count). The van der Waals surface area contributed by atoms with Crippen LogP contribution in [0.1, 0.15) is 30.7 Å². The summed E-state index contributed by atoms with van der Waals surface area (Å²) in [6.07, 6.45) is -3.84. The van der Waals surface area contributed by atoms with Crippen molar-refractivity contribution in [2.24, 2.45) is 4.99 Å². The first-order valence-corrected chi connectivity index (χ1v) is 9.45. The number of halogens is 4. The van der Waals surface area contributed by atoms with Gasteiger partial charge in [-0.3, -0.25) is 4.99 Å². The minimum Gasteiger partial charge on any atom is -0.493 e. The smallest absolute Gasteiger partial charge is 0.422 e. The van der Waals surface area contributed by atoms with Crippen molar-refractivity contribution in [2.45, 2.75) is 38.0 Å². The number of alkyl halides is 3. The Labute approximate surface area is 176 Å². The third-order valence-electron chi connectivity index (χ3n) is 4.98. The minimum absolute atomic E-state index is 0.155. The van der Waals surface area contributed by atoms with Gasteiger partial charge in [0.05, 0.1) is 18.3 Å². The second-order valence-corrected chi connectivity index (χ2v) is 7.27. The third-order valence-corrected chi connectivity index (χ3v) is 4.98. The minimum atomic E-state index is -5.01. The van der Waals surface area contributed by atoms with Crippen LogP contribution in [0.4, 0.5) is 23.2 Å². The summed E-state index contributed by atoms with van der Waals surface area (Å²) in [7, 11) is 1.23. The van der Waals surface area contributed by atoms with Crippen LogP contribution in [0.25, 0.3) is 10.9 Å². The normalized spacial score (nSPS) is 15.2. The number of aliphatic hydroxyl groups is 1. The fraction of sp³-hybridized carbons (Fsp3) is 0.318. The largest absolute Gasteiger partial charge is 0.493 e. The number of aromatic nitrogens is 2. The van der Waals surface area contributed by atoms with Gasteiger partial charge < -0.3 is 9.84 Å². The Kier molecular flexibility index (Phi) is 6.26. The molecule has 0 bridgehead atoms. The van der Waals surface area contributed by atoms with Gasteiger partial charge in [-0.25, -0.2) is 14.4 Å². The highest BCUT2D eigenvalue weighted by Crippen LogP contribution is 2.40. The zero-order chi connectivity index (χ0) is 22.8. The zero-order valence-corrected chi connectivity index (χ0v) is 17.1. The van der Waals surface area contributed by atoms with Crippen LogP contribution in [0.15, 0.2) is 47.6 Å². The van der Waals surface area contributed by atoms with E-state index in [2.05, 4.69) is 15.0 Å². The number of hydrogen-bond donors (Lipinski definition) is 1. The van der Waals surface area contributed by atoms with Crippen LogP contribution in [0, 0.1) is 12.7 Å².